The number of carboxylic acids is 1. The van der Waals surface area contributed by atoms with Crippen molar-refractivity contribution in [1.29, 1.82) is 5.26 Å². The molecule has 3 aromatic heterocycles. The Morgan fingerprint density at radius 2 is 1.06 bits per heavy atom. The second kappa shape index (κ2) is 25.2. The Morgan fingerprint density at radius 3 is 1.55 bits per heavy atom. The Bertz CT molecular complexity index is 2530. The number of carbonyl (C=O) groups is 1. The van der Waals surface area contributed by atoms with Gasteiger partial charge in [0, 0.05) is 47.0 Å². The van der Waals surface area contributed by atoms with Crippen molar-refractivity contribution in [3.8, 4) is 48.9 Å². The molecule has 0 saturated heterocycles. The Kier molecular flexibility index (Phi) is 18.9. The second-order valence-electron chi connectivity index (χ2n) is 16.4. The number of unbranched alkanes of at least 4 members (excludes halogenated alkanes) is 9. The summed E-state index contributed by atoms with van der Waals surface area (Å²) in [5, 5.41) is 19.2. The van der Waals surface area contributed by atoms with Crippen LogP contribution in [0, 0.1) is 23.2 Å². The summed E-state index contributed by atoms with van der Waals surface area (Å²) in [6.45, 7) is 6.74. The predicted octanol–water partition coefficient (Wildman–Crippen LogP) is 16.5. The number of nitrogens with zero attached hydrogens (tertiary/aromatic N) is 2. The quantitative estimate of drug-likeness (QED) is 0.0282. The zero-order valence-electron chi connectivity index (χ0n) is 38.6. The van der Waals surface area contributed by atoms with Gasteiger partial charge in [0.1, 0.15) is 23.1 Å². The van der Waals surface area contributed by atoms with Crippen LogP contribution in [0.25, 0.3) is 25.6 Å². The summed E-state index contributed by atoms with van der Waals surface area (Å²) in [4.78, 5) is 21.0. The van der Waals surface area contributed by atoms with Crippen molar-refractivity contribution in [2.45, 2.75) is 117 Å². The molecule has 0 bridgehead atoms. The van der Waals surface area contributed by atoms with Crippen LogP contribution in [0.15, 0.2) is 96.6 Å². The van der Waals surface area contributed by atoms with Crippen molar-refractivity contribution in [3.05, 3.63) is 129 Å². The van der Waals surface area contributed by atoms with Crippen molar-refractivity contribution < 1.29 is 19.4 Å². The smallest absolute Gasteiger partial charge is 0.346 e. The first-order chi connectivity index (χ1) is 31.8. The molecule has 0 atom stereocenters. The van der Waals surface area contributed by atoms with E-state index < -0.39 is 5.97 Å². The first-order valence-electron chi connectivity index (χ1n) is 23.2. The van der Waals surface area contributed by atoms with Crippen LogP contribution in [0.3, 0.4) is 0 Å². The van der Waals surface area contributed by atoms with Crippen LogP contribution < -0.4 is 14.4 Å². The number of carboxylic acid groups (broad SMARTS) is 1. The van der Waals surface area contributed by atoms with Crippen molar-refractivity contribution in [1.82, 2.24) is 0 Å². The van der Waals surface area contributed by atoms with Gasteiger partial charge in [0.05, 0.1) is 19.1 Å². The standard InChI is InChI=1S/C56H62N2O4S3/c1-6-9-12-15-18-41-37-52(55-43(20-17-14-11-8-3)38-53(65-55)54-42(19-16-13-10-7-2)35-50(63-54)36-44(39-57)56(59)60)64-51(41)34-23-40-21-24-45(25-22-40)58(46-26-30-48(61-4)31-27-46)47-28-32-49(62-5)33-29-47/h21-22,24-33,35-38H,6-20H2,1-5H3,(H,59,60)/b44-36-. The van der Waals surface area contributed by atoms with Gasteiger partial charge in [-0.1, -0.05) is 90.4 Å². The van der Waals surface area contributed by atoms with E-state index in [1.807, 2.05) is 53.0 Å². The summed E-state index contributed by atoms with van der Waals surface area (Å²) in [6, 6.07) is 33.5. The molecule has 6 aromatic rings. The predicted molar refractivity (Wildman–Crippen MR) is 276 cm³/mol. The molecule has 6 nitrogen and oxygen atoms in total. The number of methoxy groups -OCH3 is 2. The first-order valence-corrected chi connectivity index (χ1v) is 25.7. The fourth-order valence-corrected chi connectivity index (χ4v) is 11.6. The minimum Gasteiger partial charge on any atom is -0.497 e. The molecule has 3 aromatic carbocycles. The molecular weight excluding hydrogens is 861 g/mol. The van der Waals surface area contributed by atoms with Gasteiger partial charge >= 0.3 is 5.97 Å². The largest absolute Gasteiger partial charge is 0.497 e. The first kappa shape index (κ1) is 48.9. The molecule has 0 aliphatic heterocycles. The van der Waals surface area contributed by atoms with Crippen LogP contribution in [0.5, 0.6) is 11.5 Å². The third-order valence-electron chi connectivity index (χ3n) is 11.5. The minimum absolute atomic E-state index is 0.238. The lowest BCUT2D eigenvalue weighted by Crippen LogP contribution is -2.09. The third-order valence-corrected chi connectivity index (χ3v) is 15.3. The van der Waals surface area contributed by atoms with Crippen molar-refractivity contribution >= 4 is 63.1 Å². The topological polar surface area (TPSA) is 82.8 Å². The summed E-state index contributed by atoms with van der Waals surface area (Å²) in [6.07, 6.45) is 18.6. The minimum atomic E-state index is -1.19. The molecule has 0 radical (unpaired) electrons. The van der Waals surface area contributed by atoms with E-state index in [0.29, 0.717) is 0 Å². The number of benzene rings is 3. The number of aliphatic carboxylic acids is 1. The van der Waals surface area contributed by atoms with Gasteiger partial charge in [0.2, 0.25) is 0 Å². The monoisotopic (exact) mass is 922 g/mol. The van der Waals surface area contributed by atoms with E-state index >= 15 is 0 Å². The van der Waals surface area contributed by atoms with Crippen LogP contribution in [0.2, 0.25) is 0 Å². The Balaban J connectivity index is 1.37. The van der Waals surface area contributed by atoms with Gasteiger partial charge in [0.25, 0.3) is 0 Å². The summed E-state index contributed by atoms with van der Waals surface area (Å²) in [5.41, 5.74) is 7.70. The number of ether oxygens (including phenoxy) is 2. The lowest BCUT2D eigenvalue weighted by Gasteiger charge is -2.25. The highest BCUT2D eigenvalue weighted by atomic mass is 32.1. The average molecular weight is 923 g/mol. The van der Waals surface area contributed by atoms with Crippen molar-refractivity contribution in [2.75, 3.05) is 19.1 Å². The van der Waals surface area contributed by atoms with Gasteiger partial charge < -0.3 is 19.5 Å². The SMILES string of the molecule is CCCCCCc1cc(-c2sc(-c3sc(/C=C(/C#N)C(=O)O)cc3CCCCCC)cc2CCCCCC)sc1C#Cc1ccc(N(c2ccc(OC)cc2)c2ccc(OC)cc2)cc1. The zero-order chi connectivity index (χ0) is 46.0. The maximum absolute atomic E-state index is 11.8. The van der Waals surface area contributed by atoms with Gasteiger partial charge in [-0.2, -0.15) is 5.26 Å². The lowest BCUT2D eigenvalue weighted by molar-refractivity contribution is -0.132. The van der Waals surface area contributed by atoms with Gasteiger partial charge in [-0.3, -0.25) is 0 Å². The molecule has 0 saturated carbocycles. The van der Waals surface area contributed by atoms with Gasteiger partial charge in [0.15, 0.2) is 0 Å². The molecule has 0 spiro atoms. The molecule has 0 amide bonds. The highest BCUT2D eigenvalue weighted by Gasteiger charge is 2.21. The van der Waals surface area contributed by atoms with Gasteiger partial charge in [-0.25, -0.2) is 4.79 Å². The number of thiophene rings is 3. The molecule has 0 unspecified atom stereocenters. The molecule has 9 heteroatoms. The lowest BCUT2D eigenvalue weighted by atomic mass is 10.0. The molecule has 338 valence electrons. The number of rotatable bonds is 24. The molecule has 1 N–H and O–H groups in total. The summed E-state index contributed by atoms with van der Waals surface area (Å²) in [7, 11) is 3.36. The van der Waals surface area contributed by atoms with Crippen LogP contribution in [-0.4, -0.2) is 25.3 Å². The number of hydrogen-bond acceptors (Lipinski definition) is 8. The molecule has 0 aliphatic carbocycles. The van der Waals surface area contributed by atoms with Crippen LogP contribution in [0.1, 0.15) is 130 Å². The molecule has 0 fully saturated rings. The molecule has 3 heterocycles. The Morgan fingerprint density at radius 1 is 0.600 bits per heavy atom. The summed E-state index contributed by atoms with van der Waals surface area (Å²) >= 11 is 5.28. The average Bonchev–Trinajstić information content (AvgIpc) is 4.06. The maximum atomic E-state index is 11.8. The van der Waals surface area contributed by atoms with E-state index in [2.05, 4.69) is 104 Å². The zero-order valence-corrected chi connectivity index (χ0v) is 41.1. The molecule has 0 aliphatic rings. The number of anilines is 3. The second-order valence-corrected chi connectivity index (χ2v) is 19.6. The Labute approximate surface area is 399 Å². The Hall–Kier alpha value is -5.58. The van der Waals surface area contributed by atoms with E-state index in [1.54, 1.807) is 25.6 Å². The normalized spacial score (nSPS) is 11.2. The van der Waals surface area contributed by atoms with E-state index in [-0.39, 0.29) is 5.57 Å². The maximum Gasteiger partial charge on any atom is 0.346 e. The van der Waals surface area contributed by atoms with Crippen molar-refractivity contribution in [3.63, 3.8) is 0 Å². The van der Waals surface area contributed by atoms with E-state index in [0.717, 1.165) is 88.8 Å². The highest BCUT2D eigenvalue weighted by Crippen LogP contribution is 2.46. The number of aryl methyl sites for hydroxylation is 3. The van der Waals surface area contributed by atoms with Crippen LogP contribution >= 0.6 is 34.0 Å². The summed E-state index contributed by atoms with van der Waals surface area (Å²) in [5.74, 6) is 7.61. The van der Waals surface area contributed by atoms with E-state index in [9.17, 15) is 15.2 Å². The third kappa shape index (κ3) is 13.5. The van der Waals surface area contributed by atoms with Gasteiger partial charge in [-0.15, -0.1) is 34.0 Å². The molecular formula is C56H62N2O4S3. The van der Waals surface area contributed by atoms with Crippen molar-refractivity contribution in [2.24, 2.45) is 0 Å². The van der Waals surface area contributed by atoms with E-state index in [4.69, 9.17) is 9.47 Å². The van der Waals surface area contributed by atoms with Crippen LogP contribution in [-0.2, 0) is 24.1 Å². The highest BCUT2D eigenvalue weighted by molar-refractivity contribution is 7.27. The summed E-state index contributed by atoms with van der Waals surface area (Å²) < 4.78 is 10.9. The van der Waals surface area contributed by atoms with Gasteiger partial charge in [-0.05, 0) is 152 Å². The fraction of sp³-hybridized carbons (Fsp3) is 0.357. The number of hydrogen-bond donors (Lipinski definition) is 1. The van der Waals surface area contributed by atoms with Crippen LogP contribution in [0.4, 0.5) is 17.1 Å². The molecule has 65 heavy (non-hydrogen) atoms. The number of nitriles is 1. The molecule has 6 rings (SSSR count). The van der Waals surface area contributed by atoms with E-state index in [1.165, 1.54) is 93.6 Å². The fourth-order valence-electron chi connectivity index (χ4n) is 7.93.